The van der Waals surface area contributed by atoms with Gasteiger partial charge in [-0.05, 0) is 61.6 Å². The summed E-state index contributed by atoms with van der Waals surface area (Å²) in [6.45, 7) is 4.01. The summed E-state index contributed by atoms with van der Waals surface area (Å²) in [5, 5.41) is 8.12. The van der Waals surface area contributed by atoms with Gasteiger partial charge in [-0.3, -0.25) is 9.82 Å². The Morgan fingerprint density at radius 1 is 0.973 bits per heavy atom. The summed E-state index contributed by atoms with van der Waals surface area (Å²) in [5.41, 5.74) is 4.52. The van der Waals surface area contributed by atoms with Crippen LogP contribution in [-0.4, -0.2) is 73.8 Å². The van der Waals surface area contributed by atoms with E-state index in [9.17, 15) is 8.42 Å². The molecule has 3 N–H and O–H groups in total. The van der Waals surface area contributed by atoms with Gasteiger partial charge in [0.2, 0.25) is 0 Å². The fraction of sp³-hybridized carbons (Fsp3) is 0.231. The fourth-order valence-electron chi connectivity index (χ4n) is 4.66. The zero-order valence-electron chi connectivity index (χ0n) is 20.5. The average molecular weight is 518 g/mol. The smallest absolute Gasteiger partial charge is 0.261 e. The minimum absolute atomic E-state index is 0.135. The second kappa shape index (κ2) is 9.09. The number of ether oxygens (including phenoxy) is 1. The number of anilines is 2. The Labute approximate surface area is 214 Å². The van der Waals surface area contributed by atoms with Crippen LogP contribution in [0.25, 0.3) is 33.5 Å². The van der Waals surface area contributed by atoms with Gasteiger partial charge in [-0.15, -0.1) is 0 Å². The van der Waals surface area contributed by atoms with Gasteiger partial charge >= 0.3 is 0 Å². The molecule has 0 radical (unpaired) electrons. The molecule has 0 unspecified atom stereocenters. The average Bonchev–Trinajstić information content (AvgIpc) is 3.53. The second-order valence-electron chi connectivity index (χ2n) is 9.16. The summed E-state index contributed by atoms with van der Waals surface area (Å²) in [6.07, 6.45) is 0. The Bertz CT molecular complexity index is 1680. The van der Waals surface area contributed by atoms with Crippen molar-refractivity contribution in [3.05, 3.63) is 60.7 Å². The summed E-state index contributed by atoms with van der Waals surface area (Å²) in [6, 6.07) is 17.8. The van der Waals surface area contributed by atoms with Crippen LogP contribution in [-0.2, 0) is 10.0 Å². The lowest BCUT2D eigenvalue weighted by Crippen LogP contribution is -2.44. The Morgan fingerprint density at radius 3 is 2.51 bits per heavy atom. The van der Waals surface area contributed by atoms with Gasteiger partial charge in [0.05, 0.1) is 39.6 Å². The third-order valence-electron chi connectivity index (χ3n) is 6.76. The number of fused-ring (bicyclic) bond motifs is 2. The van der Waals surface area contributed by atoms with Gasteiger partial charge in [-0.2, -0.15) is 5.10 Å². The monoisotopic (exact) mass is 517 g/mol. The summed E-state index contributed by atoms with van der Waals surface area (Å²) in [4.78, 5) is 13.0. The van der Waals surface area contributed by atoms with Crippen LogP contribution in [0.2, 0.25) is 0 Å². The van der Waals surface area contributed by atoms with Crippen molar-refractivity contribution in [3.8, 4) is 17.3 Å². The van der Waals surface area contributed by atoms with E-state index in [0.717, 1.165) is 42.9 Å². The Morgan fingerprint density at radius 2 is 1.76 bits per heavy atom. The van der Waals surface area contributed by atoms with Gasteiger partial charge in [-0.1, -0.05) is 6.07 Å². The summed E-state index contributed by atoms with van der Waals surface area (Å²) in [5.74, 6) is 1.15. The Hall–Kier alpha value is -4.09. The minimum Gasteiger partial charge on any atom is -0.497 e. The van der Waals surface area contributed by atoms with E-state index in [1.54, 1.807) is 24.3 Å². The van der Waals surface area contributed by atoms with Gasteiger partial charge < -0.3 is 19.5 Å². The van der Waals surface area contributed by atoms with E-state index in [-0.39, 0.29) is 4.90 Å². The van der Waals surface area contributed by atoms with Crippen molar-refractivity contribution < 1.29 is 13.2 Å². The highest BCUT2D eigenvalue weighted by atomic mass is 32.2. The zero-order valence-corrected chi connectivity index (χ0v) is 21.3. The zero-order chi connectivity index (χ0) is 25.6. The maximum absolute atomic E-state index is 13.1. The first kappa shape index (κ1) is 23.3. The van der Waals surface area contributed by atoms with E-state index < -0.39 is 10.0 Å². The molecule has 1 aliphatic rings. The van der Waals surface area contributed by atoms with Gasteiger partial charge in [0.1, 0.15) is 11.4 Å². The number of nitrogens with zero attached hydrogens (tertiary/aromatic N) is 4. The third-order valence-corrected chi connectivity index (χ3v) is 8.14. The van der Waals surface area contributed by atoms with Crippen molar-refractivity contribution in [2.75, 3.05) is 50.0 Å². The summed E-state index contributed by atoms with van der Waals surface area (Å²) < 4.78 is 34.2. The predicted octanol–water partition coefficient (Wildman–Crippen LogP) is 3.67. The third kappa shape index (κ3) is 4.36. The van der Waals surface area contributed by atoms with Crippen molar-refractivity contribution in [1.29, 1.82) is 0 Å². The van der Waals surface area contributed by atoms with Crippen LogP contribution < -0.4 is 14.4 Å². The van der Waals surface area contributed by atoms with Crippen molar-refractivity contribution in [2.24, 2.45) is 0 Å². The molecule has 1 aliphatic heterocycles. The molecule has 3 heterocycles. The Balaban J connectivity index is 1.36. The number of imidazole rings is 1. The number of aromatic nitrogens is 4. The van der Waals surface area contributed by atoms with Crippen molar-refractivity contribution in [1.82, 2.24) is 25.1 Å². The van der Waals surface area contributed by atoms with Crippen LogP contribution in [0, 0.1) is 0 Å². The molecule has 0 atom stereocenters. The normalized spacial score (nSPS) is 14.9. The molecule has 0 bridgehead atoms. The van der Waals surface area contributed by atoms with Gasteiger partial charge in [0.15, 0.2) is 5.82 Å². The molecular formula is C26H27N7O3S. The molecule has 6 rings (SSSR count). The van der Waals surface area contributed by atoms with Gasteiger partial charge in [0.25, 0.3) is 10.0 Å². The molecule has 3 aromatic carbocycles. The molecule has 11 heteroatoms. The highest BCUT2D eigenvalue weighted by molar-refractivity contribution is 7.92. The van der Waals surface area contributed by atoms with Crippen LogP contribution in [0.3, 0.4) is 0 Å². The number of H-pyrrole nitrogens is 2. The first-order chi connectivity index (χ1) is 17.9. The number of aromatic amines is 2. The van der Waals surface area contributed by atoms with E-state index in [4.69, 9.17) is 9.72 Å². The van der Waals surface area contributed by atoms with E-state index in [0.29, 0.717) is 33.9 Å². The number of nitrogens with one attached hydrogen (secondary N) is 3. The van der Waals surface area contributed by atoms with Crippen molar-refractivity contribution >= 4 is 43.3 Å². The van der Waals surface area contributed by atoms with E-state index in [2.05, 4.69) is 48.9 Å². The number of hydrogen-bond donors (Lipinski definition) is 3. The maximum Gasteiger partial charge on any atom is 0.261 e. The molecule has 37 heavy (non-hydrogen) atoms. The second-order valence-corrected chi connectivity index (χ2v) is 10.8. The van der Waals surface area contributed by atoms with Crippen LogP contribution in [0.15, 0.2) is 65.6 Å². The lowest BCUT2D eigenvalue weighted by molar-refractivity contribution is 0.313. The molecule has 0 aliphatic carbocycles. The summed E-state index contributed by atoms with van der Waals surface area (Å²) in [7, 11) is -0.164. The number of likely N-dealkylation sites (N-methyl/N-ethyl adjacent to an activating group) is 1. The Kier molecular flexibility index (Phi) is 5.73. The molecule has 2 aromatic heterocycles. The lowest BCUT2D eigenvalue weighted by Gasteiger charge is -2.34. The maximum atomic E-state index is 13.1. The van der Waals surface area contributed by atoms with Gasteiger partial charge in [0, 0.05) is 31.9 Å². The number of rotatable bonds is 6. The van der Waals surface area contributed by atoms with Crippen LogP contribution in [0.1, 0.15) is 0 Å². The minimum atomic E-state index is -3.84. The highest BCUT2D eigenvalue weighted by Crippen LogP contribution is 2.34. The van der Waals surface area contributed by atoms with Crippen LogP contribution in [0.5, 0.6) is 5.75 Å². The molecule has 5 aromatic rings. The topological polar surface area (TPSA) is 119 Å². The van der Waals surface area contributed by atoms with E-state index >= 15 is 0 Å². The van der Waals surface area contributed by atoms with E-state index in [1.807, 2.05) is 12.1 Å². The molecule has 10 nitrogen and oxygen atoms in total. The molecule has 1 saturated heterocycles. The molecular weight excluding hydrogens is 490 g/mol. The standard InChI is InChI=1S/C26H27N7O3S/c1-32-12-14-33(15-13-32)17-6-11-20-23(16-17)28-26(27-20)25-24-21(29-30-25)4-3-5-22(24)31-37(34,35)19-9-7-18(36-2)8-10-19/h3-11,16,31H,12-15H2,1-2H3,(H,27,28)(H,29,30). The predicted molar refractivity (Wildman–Crippen MR) is 145 cm³/mol. The first-order valence-corrected chi connectivity index (χ1v) is 13.5. The van der Waals surface area contributed by atoms with Crippen LogP contribution in [0.4, 0.5) is 11.4 Å². The van der Waals surface area contributed by atoms with Gasteiger partial charge in [-0.25, -0.2) is 13.4 Å². The SMILES string of the molecule is COc1ccc(S(=O)(=O)Nc2cccc3[nH]nc(-c4nc5ccc(N6CCN(C)CC6)cc5[nH]4)c23)cc1. The first-order valence-electron chi connectivity index (χ1n) is 12.0. The molecule has 0 saturated carbocycles. The molecule has 0 amide bonds. The summed E-state index contributed by atoms with van der Waals surface area (Å²) >= 11 is 0. The molecule has 0 spiro atoms. The van der Waals surface area contributed by atoms with Crippen molar-refractivity contribution in [3.63, 3.8) is 0 Å². The fourth-order valence-corrected chi connectivity index (χ4v) is 5.73. The molecule has 1 fully saturated rings. The highest BCUT2D eigenvalue weighted by Gasteiger charge is 2.21. The molecule has 190 valence electrons. The number of hydrogen-bond acceptors (Lipinski definition) is 7. The van der Waals surface area contributed by atoms with Crippen molar-refractivity contribution in [2.45, 2.75) is 4.90 Å². The quantitative estimate of drug-likeness (QED) is 0.314. The number of sulfonamides is 1. The largest absolute Gasteiger partial charge is 0.497 e. The number of piperazine rings is 1. The van der Waals surface area contributed by atoms with Crippen LogP contribution >= 0.6 is 0 Å². The lowest BCUT2D eigenvalue weighted by atomic mass is 10.1. The van der Waals surface area contributed by atoms with E-state index in [1.165, 1.54) is 19.2 Å². The number of methoxy groups -OCH3 is 1. The number of benzene rings is 3.